The third kappa shape index (κ3) is 5.99. The molecule has 0 aliphatic rings. The zero-order valence-electron chi connectivity index (χ0n) is 33.0. The fourth-order valence-electron chi connectivity index (χ4n) is 9.11. The third-order valence-electron chi connectivity index (χ3n) is 11.9. The van der Waals surface area contributed by atoms with Crippen LogP contribution >= 0.6 is 11.3 Å². The molecule has 3 nitrogen and oxygen atoms in total. The third-order valence-corrected chi connectivity index (χ3v) is 13.1. The summed E-state index contributed by atoms with van der Waals surface area (Å²) < 4.78 is 2.42. The van der Waals surface area contributed by atoms with E-state index in [0.717, 1.165) is 38.6 Å². The molecule has 4 heteroatoms. The molecule has 61 heavy (non-hydrogen) atoms. The highest BCUT2D eigenvalue weighted by molar-refractivity contribution is 7.26. The molecule has 0 amide bonds. The van der Waals surface area contributed by atoms with Crippen molar-refractivity contribution >= 4 is 63.8 Å². The molecule has 0 bridgehead atoms. The van der Waals surface area contributed by atoms with Crippen LogP contribution in [-0.2, 0) is 0 Å². The van der Waals surface area contributed by atoms with Crippen molar-refractivity contribution in [2.45, 2.75) is 0 Å². The van der Waals surface area contributed by atoms with Crippen molar-refractivity contribution < 1.29 is 0 Å². The Morgan fingerprint density at radius 1 is 0.279 bits per heavy atom. The quantitative estimate of drug-likeness (QED) is 0.157. The summed E-state index contributed by atoms with van der Waals surface area (Å²) in [7, 11) is 0. The minimum atomic E-state index is 0.639. The van der Waals surface area contributed by atoms with Crippen molar-refractivity contribution in [3.05, 3.63) is 212 Å². The van der Waals surface area contributed by atoms with Gasteiger partial charge in [0.1, 0.15) is 0 Å². The lowest BCUT2D eigenvalue weighted by Gasteiger charge is -2.18. The van der Waals surface area contributed by atoms with Gasteiger partial charge in [-0.2, -0.15) is 0 Å². The van der Waals surface area contributed by atoms with Gasteiger partial charge in [0.15, 0.2) is 17.5 Å². The van der Waals surface area contributed by atoms with Crippen molar-refractivity contribution in [3.63, 3.8) is 0 Å². The van der Waals surface area contributed by atoms with Gasteiger partial charge in [-0.3, -0.25) is 0 Å². The van der Waals surface area contributed by atoms with Gasteiger partial charge in [0, 0.05) is 36.9 Å². The number of fused-ring (bicyclic) bond motifs is 6. The van der Waals surface area contributed by atoms with E-state index in [4.69, 9.17) is 15.0 Å². The summed E-state index contributed by atoms with van der Waals surface area (Å²) in [6.45, 7) is 0. The summed E-state index contributed by atoms with van der Waals surface area (Å²) in [5.41, 5.74) is 10.0. The van der Waals surface area contributed by atoms with Crippen molar-refractivity contribution in [1.29, 1.82) is 0 Å². The molecular formula is C57H35N3S. The van der Waals surface area contributed by atoms with Gasteiger partial charge < -0.3 is 0 Å². The topological polar surface area (TPSA) is 38.7 Å². The average Bonchev–Trinajstić information content (AvgIpc) is 3.72. The first-order chi connectivity index (χ1) is 30.2. The Morgan fingerprint density at radius 2 is 0.738 bits per heavy atom. The van der Waals surface area contributed by atoms with Gasteiger partial charge in [0.25, 0.3) is 0 Å². The molecule has 10 aromatic carbocycles. The summed E-state index contributed by atoms with van der Waals surface area (Å²) in [6, 6.07) is 75.8. The maximum absolute atomic E-state index is 5.28. The smallest absolute Gasteiger partial charge is 0.165 e. The van der Waals surface area contributed by atoms with Crippen molar-refractivity contribution in [3.8, 4) is 67.5 Å². The van der Waals surface area contributed by atoms with Crippen LogP contribution in [0.2, 0.25) is 0 Å². The average molecular weight is 794 g/mol. The highest BCUT2D eigenvalue weighted by Crippen LogP contribution is 2.45. The van der Waals surface area contributed by atoms with E-state index >= 15 is 0 Å². The Labute approximate surface area is 356 Å². The van der Waals surface area contributed by atoms with Gasteiger partial charge in [-0.05, 0) is 90.0 Å². The molecule has 0 fully saturated rings. The predicted molar refractivity (Wildman–Crippen MR) is 258 cm³/mol. The number of hydrogen-bond donors (Lipinski definition) is 0. The predicted octanol–water partition coefficient (Wildman–Crippen LogP) is 15.7. The first kappa shape index (κ1) is 35.2. The van der Waals surface area contributed by atoms with E-state index in [0.29, 0.717) is 17.5 Å². The molecule has 0 aliphatic heterocycles. The van der Waals surface area contributed by atoms with Gasteiger partial charge in [0.05, 0.1) is 0 Å². The van der Waals surface area contributed by atoms with Gasteiger partial charge in [0.2, 0.25) is 0 Å². The van der Waals surface area contributed by atoms with E-state index in [2.05, 4.69) is 206 Å². The van der Waals surface area contributed by atoms with Crippen LogP contribution < -0.4 is 0 Å². The number of nitrogens with zero attached hydrogens (tertiary/aromatic N) is 3. The van der Waals surface area contributed by atoms with Crippen LogP contribution in [-0.4, -0.2) is 15.0 Å². The van der Waals surface area contributed by atoms with Gasteiger partial charge in [-0.1, -0.05) is 188 Å². The second kappa shape index (κ2) is 14.5. The maximum atomic E-state index is 5.28. The van der Waals surface area contributed by atoms with Crippen molar-refractivity contribution in [2.75, 3.05) is 0 Å². The van der Waals surface area contributed by atoms with Crippen LogP contribution in [0.25, 0.3) is 120 Å². The van der Waals surface area contributed by atoms with E-state index in [-0.39, 0.29) is 0 Å². The summed E-state index contributed by atoms with van der Waals surface area (Å²) in [5, 5.41) is 9.71. The summed E-state index contributed by atoms with van der Waals surface area (Å²) in [4.78, 5) is 15.8. The van der Waals surface area contributed by atoms with Crippen LogP contribution in [0.5, 0.6) is 0 Å². The molecule has 2 heterocycles. The standard InChI is InChI=1S/C57H35N3S/c1-3-16-36(17-4-1)42-20-7-12-26-49(42)56-58-55(59-57(60-56)50-28-15-27-48-43-21-13-14-29-51(43)61-54(48)50)41-33-31-38-34-40(32-30-39(38)35-41)53-46-24-10-8-22-44(46)52(37-18-5-2-6-19-37)45-23-9-11-25-47(45)53/h1-35H. The first-order valence-electron chi connectivity index (χ1n) is 20.6. The molecule has 0 atom stereocenters. The second-order valence-electron chi connectivity index (χ2n) is 15.5. The number of aromatic nitrogens is 3. The molecule has 2 aromatic heterocycles. The zero-order chi connectivity index (χ0) is 40.3. The summed E-state index contributed by atoms with van der Waals surface area (Å²) in [5.74, 6) is 1.94. The molecule has 284 valence electrons. The van der Waals surface area contributed by atoms with E-state index in [1.165, 1.54) is 64.0 Å². The van der Waals surface area contributed by atoms with Crippen LogP contribution in [0, 0.1) is 0 Å². The molecule has 0 spiro atoms. The Balaban J connectivity index is 1.03. The van der Waals surface area contributed by atoms with Gasteiger partial charge in [-0.15, -0.1) is 11.3 Å². The van der Waals surface area contributed by atoms with Crippen molar-refractivity contribution in [2.24, 2.45) is 0 Å². The fourth-order valence-corrected chi connectivity index (χ4v) is 10.3. The normalized spacial score (nSPS) is 11.6. The molecular weight excluding hydrogens is 759 g/mol. The lowest BCUT2D eigenvalue weighted by Crippen LogP contribution is -2.01. The van der Waals surface area contributed by atoms with E-state index in [9.17, 15) is 0 Å². The minimum Gasteiger partial charge on any atom is -0.208 e. The fraction of sp³-hybridized carbons (Fsp3) is 0. The number of hydrogen-bond acceptors (Lipinski definition) is 4. The lowest BCUT2D eigenvalue weighted by atomic mass is 9.85. The lowest BCUT2D eigenvalue weighted by molar-refractivity contribution is 1.08. The summed E-state index contributed by atoms with van der Waals surface area (Å²) >= 11 is 1.79. The Bertz CT molecular complexity index is 3590. The van der Waals surface area contributed by atoms with Gasteiger partial charge >= 0.3 is 0 Å². The van der Waals surface area contributed by atoms with Crippen LogP contribution in [0.1, 0.15) is 0 Å². The highest BCUT2D eigenvalue weighted by Gasteiger charge is 2.20. The zero-order valence-corrected chi connectivity index (χ0v) is 33.8. The molecule has 12 aromatic rings. The number of benzene rings is 10. The second-order valence-corrected chi connectivity index (χ2v) is 16.5. The minimum absolute atomic E-state index is 0.639. The summed E-state index contributed by atoms with van der Waals surface area (Å²) in [6.07, 6.45) is 0. The monoisotopic (exact) mass is 793 g/mol. The number of thiophene rings is 1. The Hall–Kier alpha value is -7.79. The van der Waals surface area contributed by atoms with Gasteiger partial charge in [-0.25, -0.2) is 15.0 Å². The molecule has 12 rings (SSSR count). The largest absolute Gasteiger partial charge is 0.208 e. The maximum Gasteiger partial charge on any atom is 0.165 e. The first-order valence-corrected chi connectivity index (χ1v) is 21.4. The number of rotatable bonds is 6. The molecule has 0 saturated carbocycles. The van der Waals surface area contributed by atoms with Crippen molar-refractivity contribution in [1.82, 2.24) is 15.0 Å². The molecule has 0 saturated heterocycles. The Kier molecular flexibility index (Phi) is 8.36. The highest BCUT2D eigenvalue weighted by atomic mass is 32.1. The molecule has 0 radical (unpaired) electrons. The molecule has 0 aliphatic carbocycles. The van der Waals surface area contributed by atoms with E-state index in [1.54, 1.807) is 11.3 Å². The van der Waals surface area contributed by atoms with Crippen LogP contribution in [0.3, 0.4) is 0 Å². The SMILES string of the molecule is c1ccc(-c2ccccc2-c2nc(-c3ccc4cc(-c5c6ccccc6c(-c6ccccc6)c6ccccc56)ccc4c3)nc(-c3cccc4c3sc3ccccc34)n2)cc1. The molecule has 0 N–H and O–H groups in total. The van der Waals surface area contributed by atoms with Crippen LogP contribution in [0.4, 0.5) is 0 Å². The Morgan fingerprint density at radius 3 is 1.41 bits per heavy atom. The van der Waals surface area contributed by atoms with Crippen LogP contribution in [0.15, 0.2) is 212 Å². The van der Waals surface area contributed by atoms with E-state index < -0.39 is 0 Å². The molecule has 0 unspecified atom stereocenters. The van der Waals surface area contributed by atoms with E-state index in [1.807, 2.05) is 6.07 Å².